The van der Waals surface area contributed by atoms with Crippen molar-refractivity contribution in [1.82, 2.24) is 9.80 Å². The van der Waals surface area contributed by atoms with E-state index in [4.69, 9.17) is 0 Å². The van der Waals surface area contributed by atoms with Gasteiger partial charge in [0.1, 0.15) is 0 Å². The fraction of sp³-hybridized carbons (Fsp3) is 0.778. The van der Waals surface area contributed by atoms with Crippen LogP contribution in [0.2, 0.25) is 0 Å². The van der Waals surface area contributed by atoms with Crippen LogP contribution in [0.4, 0.5) is 0 Å². The first-order valence-corrected chi connectivity index (χ1v) is 4.79. The van der Waals surface area contributed by atoms with Gasteiger partial charge in [0, 0.05) is 25.7 Å². The highest BCUT2D eigenvalue weighted by molar-refractivity contribution is 6.23. The van der Waals surface area contributed by atoms with Crippen LogP contribution in [0.5, 0.6) is 0 Å². The van der Waals surface area contributed by atoms with Crippen molar-refractivity contribution in [3.63, 3.8) is 0 Å². The minimum Gasteiger partial charge on any atom is -0.334 e. The molecule has 4 heteroatoms. The molecule has 0 aromatic rings. The van der Waals surface area contributed by atoms with E-state index in [-0.39, 0.29) is 5.91 Å². The van der Waals surface area contributed by atoms with Crippen LogP contribution < -0.4 is 0 Å². The Bertz CT molecular complexity index is 230. The summed E-state index contributed by atoms with van der Waals surface area (Å²) in [5.41, 5.74) is 0. The van der Waals surface area contributed by atoms with E-state index in [1.165, 1.54) is 12.8 Å². The van der Waals surface area contributed by atoms with Gasteiger partial charge in [-0.25, -0.2) is 0 Å². The maximum Gasteiger partial charge on any atom is 0.286 e. The third-order valence-electron chi connectivity index (χ3n) is 3.00. The molecule has 13 heavy (non-hydrogen) atoms. The Labute approximate surface area is 77.5 Å². The number of hydrogen-bond acceptors (Lipinski definition) is 3. The standard InChI is InChI=1S/C9H14N2O2/c12-7-9(13)11-5-4-10-3-1-2-8(10)6-11/h7-8H,1-6H2. The second-order valence-corrected chi connectivity index (χ2v) is 3.73. The number of carbonyl (C=O) groups is 2. The van der Waals surface area contributed by atoms with E-state index in [1.807, 2.05) is 0 Å². The molecule has 0 aliphatic carbocycles. The molecule has 2 heterocycles. The molecule has 0 bridgehead atoms. The number of piperazine rings is 1. The lowest BCUT2D eigenvalue weighted by Gasteiger charge is -2.36. The summed E-state index contributed by atoms with van der Waals surface area (Å²) in [6.07, 6.45) is 2.82. The van der Waals surface area contributed by atoms with Crippen LogP contribution >= 0.6 is 0 Å². The van der Waals surface area contributed by atoms with Crippen molar-refractivity contribution in [1.29, 1.82) is 0 Å². The number of hydrogen-bond donors (Lipinski definition) is 0. The van der Waals surface area contributed by atoms with E-state index in [9.17, 15) is 9.59 Å². The SMILES string of the molecule is O=CC(=O)N1CCN2CCCC2C1. The molecule has 2 rings (SSSR count). The van der Waals surface area contributed by atoms with Crippen molar-refractivity contribution in [2.24, 2.45) is 0 Å². The van der Waals surface area contributed by atoms with Crippen molar-refractivity contribution < 1.29 is 9.59 Å². The third kappa shape index (κ3) is 1.58. The molecule has 0 aromatic carbocycles. The van der Waals surface area contributed by atoms with Gasteiger partial charge in [-0.3, -0.25) is 14.5 Å². The summed E-state index contributed by atoms with van der Waals surface area (Å²) in [5.74, 6) is -0.355. The Kier molecular flexibility index (Phi) is 2.31. The molecular formula is C9H14N2O2. The molecule has 0 saturated carbocycles. The number of carbonyl (C=O) groups excluding carboxylic acids is 2. The minimum atomic E-state index is -0.355. The summed E-state index contributed by atoms with van der Waals surface area (Å²) in [4.78, 5) is 25.5. The number of nitrogens with zero attached hydrogens (tertiary/aromatic N) is 2. The van der Waals surface area contributed by atoms with E-state index in [0.717, 1.165) is 19.6 Å². The molecule has 0 radical (unpaired) electrons. The van der Waals surface area contributed by atoms with Gasteiger partial charge in [0.25, 0.3) is 5.91 Å². The molecule has 2 saturated heterocycles. The summed E-state index contributed by atoms with van der Waals surface area (Å²) in [6, 6.07) is 0.512. The quantitative estimate of drug-likeness (QED) is 0.405. The lowest BCUT2D eigenvalue weighted by atomic mass is 10.1. The smallest absolute Gasteiger partial charge is 0.286 e. The molecule has 1 atom stereocenters. The topological polar surface area (TPSA) is 40.6 Å². The van der Waals surface area contributed by atoms with E-state index in [2.05, 4.69) is 4.90 Å². The lowest BCUT2D eigenvalue weighted by molar-refractivity contribution is -0.140. The van der Waals surface area contributed by atoms with E-state index in [0.29, 0.717) is 18.9 Å². The Morgan fingerprint density at radius 1 is 1.31 bits per heavy atom. The normalized spacial score (nSPS) is 28.6. The van der Waals surface area contributed by atoms with Gasteiger partial charge in [-0.2, -0.15) is 0 Å². The summed E-state index contributed by atoms with van der Waals surface area (Å²) >= 11 is 0. The maximum atomic E-state index is 11.1. The number of aldehydes is 1. The van der Waals surface area contributed by atoms with Crippen LogP contribution in [0, 0.1) is 0 Å². The molecule has 72 valence electrons. The second kappa shape index (κ2) is 3.46. The molecule has 0 spiro atoms. The summed E-state index contributed by atoms with van der Waals surface area (Å²) in [6.45, 7) is 3.56. The lowest BCUT2D eigenvalue weighted by Crippen LogP contribution is -2.52. The van der Waals surface area contributed by atoms with Gasteiger partial charge in [-0.05, 0) is 19.4 Å². The average Bonchev–Trinajstić information content (AvgIpc) is 2.63. The van der Waals surface area contributed by atoms with E-state index >= 15 is 0 Å². The van der Waals surface area contributed by atoms with Gasteiger partial charge in [-0.15, -0.1) is 0 Å². The second-order valence-electron chi connectivity index (χ2n) is 3.73. The highest BCUT2D eigenvalue weighted by Crippen LogP contribution is 2.21. The van der Waals surface area contributed by atoms with Crippen molar-refractivity contribution >= 4 is 12.2 Å². The number of amides is 1. The molecule has 0 aromatic heterocycles. The Balaban J connectivity index is 1.96. The zero-order valence-electron chi connectivity index (χ0n) is 7.61. The highest BCUT2D eigenvalue weighted by Gasteiger charge is 2.31. The van der Waals surface area contributed by atoms with Gasteiger partial charge in [0.2, 0.25) is 6.29 Å². The van der Waals surface area contributed by atoms with Crippen LogP contribution in [0.3, 0.4) is 0 Å². The first kappa shape index (κ1) is 8.69. The summed E-state index contributed by atoms with van der Waals surface area (Å²) < 4.78 is 0. The van der Waals surface area contributed by atoms with Gasteiger partial charge in [0.15, 0.2) is 0 Å². The predicted molar refractivity (Wildman–Crippen MR) is 47.2 cm³/mol. The zero-order chi connectivity index (χ0) is 9.26. The van der Waals surface area contributed by atoms with Crippen LogP contribution in [0.1, 0.15) is 12.8 Å². The fourth-order valence-electron chi connectivity index (χ4n) is 2.27. The van der Waals surface area contributed by atoms with Gasteiger partial charge < -0.3 is 4.90 Å². The first-order chi connectivity index (χ1) is 6.31. The van der Waals surface area contributed by atoms with E-state index < -0.39 is 0 Å². The average molecular weight is 182 g/mol. The summed E-state index contributed by atoms with van der Waals surface area (Å²) in [5, 5.41) is 0. The van der Waals surface area contributed by atoms with Crippen molar-refractivity contribution in [3.8, 4) is 0 Å². The maximum absolute atomic E-state index is 11.1. The highest BCUT2D eigenvalue weighted by atomic mass is 16.2. The monoisotopic (exact) mass is 182 g/mol. The van der Waals surface area contributed by atoms with Crippen molar-refractivity contribution in [2.45, 2.75) is 18.9 Å². The predicted octanol–water partition coefficient (Wildman–Crippen LogP) is -0.508. The van der Waals surface area contributed by atoms with Gasteiger partial charge in [-0.1, -0.05) is 0 Å². The Morgan fingerprint density at radius 2 is 2.15 bits per heavy atom. The van der Waals surface area contributed by atoms with Crippen LogP contribution in [0.15, 0.2) is 0 Å². The van der Waals surface area contributed by atoms with Crippen molar-refractivity contribution in [2.75, 3.05) is 26.2 Å². The van der Waals surface area contributed by atoms with Crippen LogP contribution in [0.25, 0.3) is 0 Å². The fourth-order valence-corrected chi connectivity index (χ4v) is 2.27. The molecule has 2 fully saturated rings. The Morgan fingerprint density at radius 3 is 2.92 bits per heavy atom. The molecule has 1 amide bonds. The molecular weight excluding hydrogens is 168 g/mol. The molecule has 2 aliphatic rings. The number of rotatable bonds is 1. The molecule has 1 unspecified atom stereocenters. The van der Waals surface area contributed by atoms with Crippen LogP contribution in [-0.4, -0.2) is 54.2 Å². The minimum absolute atomic E-state index is 0.355. The summed E-state index contributed by atoms with van der Waals surface area (Å²) in [7, 11) is 0. The Hall–Kier alpha value is -0.900. The van der Waals surface area contributed by atoms with Gasteiger partial charge >= 0.3 is 0 Å². The van der Waals surface area contributed by atoms with Gasteiger partial charge in [0.05, 0.1) is 0 Å². The molecule has 0 N–H and O–H groups in total. The van der Waals surface area contributed by atoms with E-state index in [1.54, 1.807) is 4.90 Å². The zero-order valence-corrected chi connectivity index (χ0v) is 7.61. The first-order valence-electron chi connectivity index (χ1n) is 4.79. The number of fused-ring (bicyclic) bond motifs is 1. The third-order valence-corrected chi connectivity index (χ3v) is 3.00. The van der Waals surface area contributed by atoms with Crippen molar-refractivity contribution in [3.05, 3.63) is 0 Å². The largest absolute Gasteiger partial charge is 0.334 e. The van der Waals surface area contributed by atoms with Crippen LogP contribution in [-0.2, 0) is 9.59 Å². The molecule has 2 aliphatic heterocycles. The molecule has 4 nitrogen and oxygen atoms in total.